The molecule has 0 atom stereocenters. The van der Waals surface area contributed by atoms with Crippen molar-refractivity contribution in [3.63, 3.8) is 0 Å². The summed E-state index contributed by atoms with van der Waals surface area (Å²) in [5.41, 5.74) is 7.39. The van der Waals surface area contributed by atoms with Crippen molar-refractivity contribution in [2.24, 2.45) is 0 Å². The molecular formula is C25H23N3O. The molecule has 4 heteroatoms. The molecule has 0 amide bonds. The highest BCUT2D eigenvalue weighted by molar-refractivity contribution is 6.07. The van der Waals surface area contributed by atoms with Gasteiger partial charge in [-0.3, -0.25) is 0 Å². The largest absolute Gasteiger partial charge is 0.494 e. The van der Waals surface area contributed by atoms with E-state index in [9.17, 15) is 0 Å². The normalized spacial score (nSPS) is 11.5. The highest BCUT2D eigenvalue weighted by atomic mass is 16.5. The maximum absolute atomic E-state index is 5.72. The van der Waals surface area contributed by atoms with Crippen molar-refractivity contribution < 1.29 is 4.74 Å². The van der Waals surface area contributed by atoms with Gasteiger partial charge in [-0.15, -0.1) is 0 Å². The van der Waals surface area contributed by atoms with Gasteiger partial charge in [-0.1, -0.05) is 49.4 Å². The third-order valence-electron chi connectivity index (χ3n) is 5.31. The second-order valence-corrected chi connectivity index (χ2v) is 7.43. The quantitative estimate of drug-likeness (QED) is 0.381. The minimum Gasteiger partial charge on any atom is -0.494 e. The lowest BCUT2D eigenvalue weighted by Gasteiger charge is -2.10. The highest BCUT2D eigenvalue weighted by Crippen LogP contribution is 2.31. The Hall–Kier alpha value is -3.40. The number of hydrogen-bond donors (Lipinski definition) is 0. The molecule has 0 spiro atoms. The summed E-state index contributed by atoms with van der Waals surface area (Å²) in [6, 6.07) is 22.8. The van der Waals surface area contributed by atoms with Crippen molar-refractivity contribution in [2.45, 2.75) is 26.8 Å². The zero-order valence-electron chi connectivity index (χ0n) is 16.7. The van der Waals surface area contributed by atoms with E-state index in [0.29, 0.717) is 0 Å². The first-order valence-corrected chi connectivity index (χ1v) is 10.1. The van der Waals surface area contributed by atoms with E-state index in [2.05, 4.69) is 48.7 Å². The molecule has 3 aromatic carbocycles. The summed E-state index contributed by atoms with van der Waals surface area (Å²) in [5.74, 6) is 0.916. The lowest BCUT2D eigenvalue weighted by atomic mass is 10.1. The van der Waals surface area contributed by atoms with Crippen LogP contribution in [0.25, 0.3) is 33.1 Å². The first kappa shape index (κ1) is 17.7. The van der Waals surface area contributed by atoms with Crippen LogP contribution in [-0.4, -0.2) is 21.1 Å². The molecule has 0 saturated heterocycles. The molecule has 0 bridgehead atoms. The topological polar surface area (TPSA) is 39.9 Å². The molecule has 29 heavy (non-hydrogen) atoms. The summed E-state index contributed by atoms with van der Waals surface area (Å²) >= 11 is 0. The van der Waals surface area contributed by atoms with Crippen molar-refractivity contribution in [1.29, 1.82) is 0 Å². The van der Waals surface area contributed by atoms with Crippen LogP contribution in [0, 0.1) is 6.92 Å². The van der Waals surface area contributed by atoms with Crippen LogP contribution in [0.4, 0.5) is 0 Å². The van der Waals surface area contributed by atoms with E-state index in [4.69, 9.17) is 14.7 Å². The van der Waals surface area contributed by atoms with Gasteiger partial charge in [0.25, 0.3) is 0 Å². The Labute approximate surface area is 169 Å². The van der Waals surface area contributed by atoms with E-state index in [0.717, 1.165) is 52.9 Å². The fourth-order valence-electron chi connectivity index (χ4n) is 3.92. The van der Waals surface area contributed by atoms with Crippen LogP contribution in [0.15, 0.2) is 66.7 Å². The van der Waals surface area contributed by atoms with Crippen LogP contribution < -0.4 is 4.74 Å². The van der Waals surface area contributed by atoms with Crippen molar-refractivity contribution >= 4 is 33.1 Å². The average Bonchev–Trinajstić information content (AvgIpc) is 3.05. The van der Waals surface area contributed by atoms with Crippen molar-refractivity contribution in [1.82, 2.24) is 14.5 Å². The molecule has 0 aliphatic carbocycles. The van der Waals surface area contributed by atoms with Gasteiger partial charge < -0.3 is 9.30 Å². The van der Waals surface area contributed by atoms with Gasteiger partial charge in [-0.2, -0.15) is 0 Å². The van der Waals surface area contributed by atoms with Gasteiger partial charge in [0.05, 0.1) is 23.2 Å². The Morgan fingerprint density at radius 1 is 0.862 bits per heavy atom. The Morgan fingerprint density at radius 3 is 2.38 bits per heavy atom. The number of para-hydroxylation sites is 3. The summed E-state index contributed by atoms with van der Waals surface area (Å²) in [7, 11) is 0. The van der Waals surface area contributed by atoms with E-state index >= 15 is 0 Å². The first-order chi connectivity index (χ1) is 14.2. The molecule has 0 fully saturated rings. The number of fused-ring (bicyclic) bond motifs is 4. The number of aryl methyl sites for hydroxylation is 1. The van der Waals surface area contributed by atoms with E-state index in [1.54, 1.807) is 0 Å². The number of nitrogens with zero attached hydrogens (tertiary/aromatic N) is 3. The zero-order chi connectivity index (χ0) is 19.8. The van der Waals surface area contributed by atoms with Crippen molar-refractivity contribution in [3.05, 3.63) is 77.9 Å². The third kappa shape index (κ3) is 3.11. The molecule has 144 valence electrons. The minimum absolute atomic E-state index is 0.742. The molecule has 0 radical (unpaired) electrons. The van der Waals surface area contributed by atoms with Gasteiger partial charge in [0.15, 0.2) is 5.65 Å². The van der Waals surface area contributed by atoms with Crippen LogP contribution in [0.5, 0.6) is 5.75 Å². The van der Waals surface area contributed by atoms with Gasteiger partial charge >= 0.3 is 0 Å². The Bertz CT molecular complexity index is 1320. The van der Waals surface area contributed by atoms with E-state index in [-0.39, 0.29) is 0 Å². The maximum atomic E-state index is 5.72. The molecule has 2 aromatic heterocycles. The molecule has 0 aliphatic heterocycles. The molecule has 4 nitrogen and oxygen atoms in total. The average molecular weight is 381 g/mol. The van der Waals surface area contributed by atoms with E-state index in [1.165, 1.54) is 16.6 Å². The Morgan fingerprint density at radius 2 is 1.62 bits per heavy atom. The summed E-state index contributed by atoms with van der Waals surface area (Å²) in [6.45, 7) is 5.75. The highest BCUT2D eigenvalue weighted by Gasteiger charge is 2.16. The molecule has 0 saturated carbocycles. The van der Waals surface area contributed by atoms with Crippen LogP contribution >= 0.6 is 0 Å². The summed E-state index contributed by atoms with van der Waals surface area (Å²) in [4.78, 5) is 9.94. The minimum atomic E-state index is 0.742. The Balaban J connectivity index is 1.67. The summed E-state index contributed by atoms with van der Waals surface area (Å²) < 4.78 is 8.02. The summed E-state index contributed by atoms with van der Waals surface area (Å²) in [5, 5.41) is 1.15. The SMILES string of the molecule is CCCOc1ccc(Cn2c3nc4ccccc4nc3c3cccc(C)c32)cc1. The monoisotopic (exact) mass is 381 g/mol. The van der Waals surface area contributed by atoms with Crippen LogP contribution in [0.3, 0.4) is 0 Å². The predicted molar refractivity (Wildman–Crippen MR) is 119 cm³/mol. The fourth-order valence-corrected chi connectivity index (χ4v) is 3.92. The standard InChI is InChI=1S/C25H23N3O/c1-3-15-29-19-13-11-18(12-14-19)16-28-24-17(2)7-6-8-20(24)23-25(28)27-22-10-5-4-9-21(22)26-23/h4-14H,3,15-16H2,1-2H3. The number of hydrogen-bond acceptors (Lipinski definition) is 3. The number of aromatic nitrogens is 3. The van der Waals surface area contributed by atoms with Crippen LogP contribution in [-0.2, 0) is 6.54 Å². The van der Waals surface area contributed by atoms with Crippen LogP contribution in [0.2, 0.25) is 0 Å². The van der Waals surface area contributed by atoms with Gasteiger partial charge in [0.2, 0.25) is 0 Å². The smallest absolute Gasteiger partial charge is 0.160 e. The molecule has 0 aliphatic rings. The predicted octanol–water partition coefficient (Wildman–Crippen LogP) is 5.88. The van der Waals surface area contributed by atoms with Gasteiger partial charge in [0, 0.05) is 11.9 Å². The first-order valence-electron chi connectivity index (χ1n) is 10.1. The number of rotatable bonds is 5. The number of benzene rings is 3. The van der Waals surface area contributed by atoms with Gasteiger partial charge in [0.1, 0.15) is 11.3 Å². The second kappa shape index (κ2) is 7.21. The third-order valence-corrected chi connectivity index (χ3v) is 5.31. The van der Waals surface area contributed by atoms with E-state index < -0.39 is 0 Å². The van der Waals surface area contributed by atoms with Gasteiger partial charge in [-0.05, 0) is 48.7 Å². The number of ether oxygens (including phenoxy) is 1. The lowest BCUT2D eigenvalue weighted by Crippen LogP contribution is -2.02. The molecular weight excluding hydrogens is 358 g/mol. The lowest BCUT2D eigenvalue weighted by molar-refractivity contribution is 0.317. The van der Waals surface area contributed by atoms with Crippen LogP contribution in [0.1, 0.15) is 24.5 Å². The molecule has 0 N–H and O–H groups in total. The summed E-state index contributed by atoms with van der Waals surface area (Å²) in [6.07, 6.45) is 1.01. The molecule has 5 rings (SSSR count). The van der Waals surface area contributed by atoms with Crippen molar-refractivity contribution in [2.75, 3.05) is 6.61 Å². The molecule has 0 unspecified atom stereocenters. The molecule has 5 aromatic rings. The Kier molecular flexibility index (Phi) is 4.39. The zero-order valence-corrected chi connectivity index (χ0v) is 16.7. The van der Waals surface area contributed by atoms with Crippen molar-refractivity contribution in [3.8, 4) is 5.75 Å². The van der Waals surface area contributed by atoms with Gasteiger partial charge in [-0.25, -0.2) is 9.97 Å². The maximum Gasteiger partial charge on any atom is 0.160 e. The molecule has 2 heterocycles. The van der Waals surface area contributed by atoms with E-state index in [1.807, 2.05) is 36.4 Å². The second-order valence-electron chi connectivity index (χ2n) is 7.43. The fraction of sp³-hybridized carbons (Fsp3) is 0.200.